The molecule has 3 N–H and O–H groups in total. The standard InChI is InChI=1S/C27H22N6O2S/c1-16-8-10-19(11-9-16)31-32-26-17(2)33(29)27(36-26)30-25-22(15-28)24(18-6-4-3-5-7-18)21-13-12-20(34)14-23(21)35-25/h3-14,24,34H,29H2,1-2H3/b30-27-,32-31?. The zero-order valence-electron chi connectivity index (χ0n) is 19.6. The summed E-state index contributed by atoms with van der Waals surface area (Å²) >= 11 is 1.23. The number of allylic oxidation sites excluding steroid dienone is 1. The van der Waals surface area contributed by atoms with Gasteiger partial charge >= 0.3 is 0 Å². The number of nitrogens with zero attached hydrogens (tertiary/aromatic N) is 5. The van der Waals surface area contributed by atoms with Crippen molar-refractivity contribution in [3.8, 4) is 17.6 Å². The van der Waals surface area contributed by atoms with E-state index < -0.39 is 5.92 Å². The van der Waals surface area contributed by atoms with E-state index in [9.17, 15) is 10.4 Å². The predicted octanol–water partition coefficient (Wildman–Crippen LogP) is 5.86. The third kappa shape index (κ3) is 4.37. The van der Waals surface area contributed by atoms with E-state index in [1.54, 1.807) is 12.1 Å². The van der Waals surface area contributed by atoms with Crippen LogP contribution in [-0.2, 0) is 0 Å². The average Bonchev–Trinajstić information content (AvgIpc) is 3.15. The Morgan fingerprint density at radius 2 is 1.78 bits per heavy atom. The summed E-state index contributed by atoms with van der Waals surface area (Å²) in [4.78, 5) is 5.02. The van der Waals surface area contributed by atoms with Gasteiger partial charge in [-0.3, -0.25) is 0 Å². The Kier molecular flexibility index (Phi) is 6.10. The van der Waals surface area contributed by atoms with E-state index in [1.807, 2.05) is 68.4 Å². The summed E-state index contributed by atoms with van der Waals surface area (Å²) in [6, 6.07) is 24.5. The second-order valence-corrected chi connectivity index (χ2v) is 9.25. The number of azo groups is 1. The first-order valence-corrected chi connectivity index (χ1v) is 12.0. The van der Waals surface area contributed by atoms with Gasteiger partial charge in [-0.15, -0.1) is 10.2 Å². The van der Waals surface area contributed by atoms with Gasteiger partial charge in [0.15, 0.2) is 5.00 Å². The number of fused-ring (bicyclic) bond motifs is 1. The van der Waals surface area contributed by atoms with Gasteiger partial charge in [0.25, 0.3) is 0 Å². The van der Waals surface area contributed by atoms with Crippen molar-refractivity contribution in [2.24, 2.45) is 15.2 Å². The number of aromatic nitrogens is 1. The molecule has 36 heavy (non-hydrogen) atoms. The second-order valence-electron chi connectivity index (χ2n) is 8.29. The Morgan fingerprint density at radius 1 is 1.03 bits per heavy atom. The van der Waals surface area contributed by atoms with Crippen LogP contribution in [0.5, 0.6) is 11.5 Å². The van der Waals surface area contributed by atoms with E-state index in [2.05, 4.69) is 21.3 Å². The molecule has 0 saturated heterocycles. The van der Waals surface area contributed by atoms with E-state index in [4.69, 9.17) is 10.6 Å². The Hall–Kier alpha value is -4.68. The summed E-state index contributed by atoms with van der Waals surface area (Å²) in [6.45, 7) is 3.83. The summed E-state index contributed by atoms with van der Waals surface area (Å²) in [5.74, 6) is 6.48. The molecule has 0 bridgehead atoms. The lowest BCUT2D eigenvalue weighted by Gasteiger charge is -2.26. The number of hydrogen-bond acceptors (Lipinski definition) is 8. The maximum atomic E-state index is 10.1. The van der Waals surface area contributed by atoms with Crippen molar-refractivity contribution in [1.82, 2.24) is 4.68 Å². The van der Waals surface area contributed by atoms with Gasteiger partial charge in [0.2, 0.25) is 10.7 Å². The van der Waals surface area contributed by atoms with Crippen molar-refractivity contribution in [3.63, 3.8) is 0 Å². The average molecular weight is 495 g/mol. The number of thiazole rings is 1. The fourth-order valence-electron chi connectivity index (χ4n) is 3.90. The molecule has 0 fully saturated rings. The van der Waals surface area contributed by atoms with Crippen LogP contribution in [0.4, 0.5) is 10.7 Å². The Labute approximate surface area is 211 Å². The molecule has 3 aromatic carbocycles. The maximum absolute atomic E-state index is 10.1. The van der Waals surface area contributed by atoms with Crippen LogP contribution in [0.3, 0.4) is 0 Å². The van der Waals surface area contributed by atoms with Crippen molar-refractivity contribution in [3.05, 3.63) is 111 Å². The number of nitrogen functional groups attached to an aromatic ring is 1. The zero-order chi connectivity index (χ0) is 25.2. The molecular formula is C27H22N6O2S. The van der Waals surface area contributed by atoms with Gasteiger partial charge < -0.3 is 15.7 Å². The molecule has 178 valence electrons. The van der Waals surface area contributed by atoms with Crippen LogP contribution >= 0.6 is 11.3 Å². The van der Waals surface area contributed by atoms with Crippen molar-refractivity contribution in [2.45, 2.75) is 19.8 Å². The SMILES string of the molecule is Cc1ccc(N=Nc2s/c(=N\C3=C(C#N)C(c4ccccc4)c4ccc(O)cc4O3)n(N)c2C)cc1. The minimum absolute atomic E-state index is 0.0555. The molecule has 4 aromatic rings. The molecule has 8 nitrogen and oxygen atoms in total. The highest BCUT2D eigenvalue weighted by Crippen LogP contribution is 2.44. The predicted molar refractivity (Wildman–Crippen MR) is 138 cm³/mol. The lowest BCUT2D eigenvalue weighted by molar-refractivity contribution is 0.385. The highest BCUT2D eigenvalue weighted by Gasteiger charge is 2.32. The number of nitriles is 1. The number of benzene rings is 3. The van der Waals surface area contributed by atoms with Gasteiger partial charge in [-0.25, -0.2) is 4.68 Å². The minimum Gasteiger partial charge on any atom is -0.508 e. The third-order valence-corrected chi connectivity index (χ3v) is 6.88. The first kappa shape index (κ1) is 23.1. The first-order valence-electron chi connectivity index (χ1n) is 11.1. The fourth-order valence-corrected chi connectivity index (χ4v) is 4.77. The number of aryl methyl sites for hydroxylation is 1. The molecule has 5 rings (SSSR count). The quantitative estimate of drug-likeness (QED) is 0.272. The van der Waals surface area contributed by atoms with Crippen LogP contribution in [0.25, 0.3) is 0 Å². The maximum Gasteiger partial charge on any atom is 0.236 e. The van der Waals surface area contributed by atoms with Crippen molar-refractivity contribution >= 4 is 22.0 Å². The van der Waals surface area contributed by atoms with E-state index in [-0.39, 0.29) is 11.6 Å². The topological polar surface area (TPSA) is 121 Å². The number of phenolic OH excluding ortho intramolecular Hbond substituents is 1. The number of phenols is 1. The molecular weight excluding hydrogens is 472 g/mol. The van der Waals surface area contributed by atoms with Crippen LogP contribution < -0.4 is 15.4 Å². The molecule has 1 aliphatic rings. The zero-order valence-corrected chi connectivity index (χ0v) is 20.4. The molecule has 0 radical (unpaired) electrons. The third-order valence-electron chi connectivity index (χ3n) is 5.84. The summed E-state index contributed by atoms with van der Waals surface area (Å²) in [5.41, 5.74) is 4.55. The molecule has 0 amide bonds. The summed E-state index contributed by atoms with van der Waals surface area (Å²) in [7, 11) is 0. The van der Waals surface area contributed by atoms with Gasteiger partial charge in [0.05, 0.1) is 17.3 Å². The van der Waals surface area contributed by atoms with Crippen molar-refractivity contribution in [1.29, 1.82) is 5.26 Å². The summed E-state index contributed by atoms with van der Waals surface area (Å²) in [6.07, 6.45) is 0. The van der Waals surface area contributed by atoms with Crippen LogP contribution in [0.15, 0.2) is 99.5 Å². The molecule has 1 unspecified atom stereocenters. The van der Waals surface area contributed by atoms with Crippen molar-refractivity contribution < 1.29 is 9.84 Å². The normalized spacial score (nSPS) is 15.6. The lowest BCUT2D eigenvalue weighted by atomic mass is 9.83. The monoisotopic (exact) mass is 494 g/mol. The molecule has 0 saturated carbocycles. The van der Waals surface area contributed by atoms with Gasteiger partial charge in [0, 0.05) is 11.6 Å². The Balaban J connectivity index is 1.61. The number of hydrogen-bond donors (Lipinski definition) is 2. The van der Waals surface area contributed by atoms with Crippen molar-refractivity contribution in [2.75, 3.05) is 5.84 Å². The fraction of sp³-hybridized carbons (Fsp3) is 0.111. The Bertz CT molecular complexity index is 1610. The molecule has 1 aliphatic heterocycles. The largest absolute Gasteiger partial charge is 0.508 e. The number of nitrogens with two attached hydrogens (primary N) is 1. The highest BCUT2D eigenvalue weighted by atomic mass is 32.1. The highest BCUT2D eigenvalue weighted by molar-refractivity contribution is 7.13. The second kappa shape index (κ2) is 9.52. The minimum atomic E-state index is -0.410. The van der Waals surface area contributed by atoms with Crippen LogP contribution in [0, 0.1) is 25.2 Å². The molecule has 2 heterocycles. The summed E-state index contributed by atoms with van der Waals surface area (Å²) < 4.78 is 7.43. The van der Waals surface area contributed by atoms with Crippen LogP contribution in [-0.4, -0.2) is 9.78 Å². The number of aromatic hydroxyl groups is 1. The van der Waals surface area contributed by atoms with E-state index >= 15 is 0 Å². The summed E-state index contributed by atoms with van der Waals surface area (Å²) in [5, 5.41) is 29.5. The smallest absolute Gasteiger partial charge is 0.236 e. The van der Waals surface area contributed by atoms with E-state index in [1.165, 1.54) is 22.1 Å². The molecule has 1 atom stereocenters. The van der Waals surface area contributed by atoms with Gasteiger partial charge in [-0.2, -0.15) is 10.3 Å². The van der Waals surface area contributed by atoms with Crippen LogP contribution in [0.2, 0.25) is 0 Å². The first-order chi connectivity index (χ1) is 17.4. The van der Waals surface area contributed by atoms with Gasteiger partial charge in [-0.05, 0) is 37.6 Å². The lowest BCUT2D eigenvalue weighted by Crippen LogP contribution is -2.25. The van der Waals surface area contributed by atoms with Gasteiger partial charge in [-0.1, -0.05) is 65.4 Å². The Morgan fingerprint density at radius 3 is 2.50 bits per heavy atom. The number of rotatable bonds is 4. The molecule has 9 heteroatoms. The molecule has 0 spiro atoms. The number of ether oxygens (including phenoxy) is 1. The molecule has 1 aromatic heterocycles. The van der Waals surface area contributed by atoms with E-state index in [0.29, 0.717) is 26.8 Å². The van der Waals surface area contributed by atoms with Gasteiger partial charge in [0.1, 0.15) is 23.1 Å². The van der Waals surface area contributed by atoms with Crippen LogP contribution in [0.1, 0.15) is 28.3 Å². The molecule has 0 aliphatic carbocycles. The van der Waals surface area contributed by atoms with E-state index in [0.717, 1.165) is 22.4 Å².